The Morgan fingerprint density at radius 2 is 1.85 bits per heavy atom. The number of esters is 1. The molecular weight excluding hydrogens is 434 g/mol. The number of piperazine rings is 1. The minimum Gasteiger partial charge on any atom is -0.445 e. The predicted octanol–water partition coefficient (Wildman–Crippen LogP) is 3.17. The minimum absolute atomic E-state index is 0.0165. The zero-order valence-corrected chi connectivity index (χ0v) is 19.2. The summed E-state index contributed by atoms with van der Waals surface area (Å²) in [7, 11) is 1.99. The summed E-state index contributed by atoms with van der Waals surface area (Å²) in [5.41, 5.74) is 3.45. The molecule has 1 fully saturated rings. The standard InChI is InChI=1S/C26H27N3O5/c1-27-8-6-19-3-2-18(14-22(19)27)17-33-26(32)29-12-10-28(11-13-29)9-7-23(30)20-4-5-21-16-25(31)34-24(21)15-20/h2-6,8,14-15H,7,9-13,16-17H2,1H3. The molecule has 1 aromatic heterocycles. The summed E-state index contributed by atoms with van der Waals surface area (Å²) in [6.07, 6.45) is 2.34. The maximum absolute atomic E-state index is 12.6. The normalized spacial score (nSPS) is 15.9. The van der Waals surface area contributed by atoms with Crippen LogP contribution < -0.4 is 4.74 Å². The maximum atomic E-state index is 12.6. The number of ether oxygens (including phenoxy) is 2. The molecule has 1 amide bonds. The Kier molecular flexibility index (Phi) is 6.06. The molecule has 0 atom stereocenters. The lowest BCUT2D eigenvalue weighted by molar-refractivity contribution is -0.131. The second-order valence-corrected chi connectivity index (χ2v) is 8.85. The smallest absolute Gasteiger partial charge is 0.410 e. The lowest BCUT2D eigenvalue weighted by atomic mass is 10.0. The van der Waals surface area contributed by atoms with Gasteiger partial charge >= 0.3 is 12.1 Å². The monoisotopic (exact) mass is 461 g/mol. The zero-order valence-electron chi connectivity index (χ0n) is 19.2. The van der Waals surface area contributed by atoms with Gasteiger partial charge < -0.3 is 18.9 Å². The van der Waals surface area contributed by atoms with Crippen molar-refractivity contribution in [2.24, 2.45) is 7.05 Å². The van der Waals surface area contributed by atoms with Crippen molar-refractivity contribution in [3.63, 3.8) is 0 Å². The first-order chi connectivity index (χ1) is 16.5. The van der Waals surface area contributed by atoms with Gasteiger partial charge in [0.2, 0.25) is 0 Å². The van der Waals surface area contributed by atoms with Crippen molar-refractivity contribution in [2.75, 3.05) is 32.7 Å². The van der Waals surface area contributed by atoms with Crippen LogP contribution in [-0.4, -0.2) is 64.9 Å². The molecule has 1 saturated heterocycles. The molecule has 176 valence electrons. The molecule has 0 saturated carbocycles. The van der Waals surface area contributed by atoms with Crippen LogP contribution in [0.1, 0.15) is 27.9 Å². The van der Waals surface area contributed by atoms with E-state index in [2.05, 4.69) is 11.0 Å². The molecule has 8 heteroatoms. The molecule has 0 unspecified atom stereocenters. The van der Waals surface area contributed by atoms with E-state index in [9.17, 15) is 14.4 Å². The molecular formula is C26H27N3O5. The molecule has 0 bridgehead atoms. The summed E-state index contributed by atoms with van der Waals surface area (Å²) >= 11 is 0. The van der Waals surface area contributed by atoms with Gasteiger partial charge in [-0.15, -0.1) is 0 Å². The van der Waals surface area contributed by atoms with E-state index in [-0.39, 0.29) is 30.9 Å². The molecule has 34 heavy (non-hydrogen) atoms. The number of fused-ring (bicyclic) bond motifs is 2. The van der Waals surface area contributed by atoms with Crippen molar-refractivity contribution < 1.29 is 23.9 Å². The van der Waals surface area contributed by atoms with E-state index < -0.39 is 0 Å². The van der Waals surface area contributed by atoms with Crippen LogP contribution in [-0.2, 0) is 29.6 Å². The van der Waals surface area contributed by atoms with E-state index in [1.807, 2.05) is 36.0 Å². The zero-order chi connectivity index (χ0) is 23.7. The Balaban J connectivity index is 1.06. The van der Waals surface area contributed by atoms with Crippen LogP contribution in [0.25, 0.3) is 10.9 Å². The number of hydrogen-bond acceptors (Lipinski definition) is 6. The Morgan fingerprint density at radius 3 is 2.68 bits per heavy atom. The Labute approximate surface area is 197 Å². The molecule has 8 nitrogen and oxygen atoms in total. The Morgan fingerprint density at radius 1 is 1.03 bits per heavy atom. The molecule has 0 spiro atoms. The number of carbonyl (C=O) groups excluding carboxylic acids is 3. The van der Waals surface area contributed by atoms with Gasteiger partial charge in [-0.25, -0.2) is 4.79 Å². The highest BCUT2D eigenvalue weighted by atomic mass is 16.6. The largest absolute Gasteiger partial charge is 0.445 e. The topological polar surface area (TPSA) is 81.1 Å². The number of amides is 1. The van der Waals surface area contributed by atoms with Crippen molar-refractivity contribution in [2.45, 2.75) is 19.4 Å². The van der Waals surface area contributed by atoms with Gasteiger partial charge in [-0.1, -0.05) is 24.3 Å². The van der Waals surface area contributed by atoms with Gasteiger partial charge in [-0.2, -0.15) is 0 Å². The number of aryl methyl sites for hydroxylation is 1. The van der Waals surface area contributed by atoms with Gasteiger partial charge in [0.05, 0.1) is 6.42 Å². The third kappa shape index (κ3) is 4.68. The fraction of sp³-hybridized carbons (Fsp3) is 0.346. The number of aromatic nitrogens is 1. The van der Waals surface area contributed by atoms with E-state index in [4.69, 9.17) is 9.47 Å². The van der Waals surface area contributed by atoms with E-state index >= 15 is 0 Å². The van der Waals surface area contributed by atoms with Crippen LogP contribution in [0.4, 0.5) is 4.79 Å². The van der Waals surface area contributed by atoms with E-state index in [0.717, 1.165) is 22.0 Å². The van der Waals surface area contributed by atoms with Crippen molar-refractivity contribution in [3.8, 4) is 5.75 Å². The van der Waals surface area contributed by atoms with Gasteiger partial charge in [0, 0.05) is 69.0 Å². The Bertz CT molecular complexity index is 1260. The summed E-state index contributed by atoms with van der Waals surface area (Å²) in [5, 5.41) is 1.16. The average Bonchev–Trinajstić information content (AvgIpc) is 3.41. The number of hydrogen-bond donors (Lipinski definition) is 0. The molecule has 3 aromatic rings. The van der Waals surface area contributed by atoms with Crippen LogP contribution in [0.3, 0.4) is 0 Å². The summed E-state index contributed by atoms with van der Waals surface area (Å²) in [6, 6.07) is 13.3. The van der Waals surface area contributed by atoms with Crippen LogP contribution >= 0.6 is 0 Å². The lowest BCUT2D eigenvalue weighted by Crippen LogP contribution is -2.49. The number of nitrogens with zero attached hydrogens (tertiary/aromatic N) is 3. The summed E-state index contributed by atoms with van der Waals surface area (Å²) < 4.78 is 12.7. The predicted molar refractivity (Wildman–Crippen MR) is 126 cm³/mol. The van der Waals surface area contributed by atoms with Gasteiger partial charge in [-0.05, 0) is 29.1 Å². The van der Waals surface area contributed by atoms with Crippen molar-refractivity contribution in [3.05, 3.63) is 65.4 Å². The molecule has 2 aromatic carbocycles. The average molecular weight is 462 g/mol. The highest BCUT2D eigenvalue weighted by Gasteiger charge is 2.24. The van der Waals surface area contributed by atoms with Gasteiger partial charge in [0.1, 0.15) is 12.4 Å². The minimum atomic E-state index is -0.310. The highest BCUT2D eigenvalue weighted by Crippen LogP contribution is 2.27. The summed E-state index contributed by atoms with van der Waals surface area (Å²) in [5.74, 6) is 0.225. The third-order valence-corrected chi connectivity index (χ3v) is 6.55. The van der Waals surface area contributed by atoms with E-state index in [0.29, 0.717) is 50.5 Å². The molecule has 0 N–H and O–H groups in total. The van der Waals surface area contributed by atoms with Crippen LogP contribution in [0.2, 0.25) is 0 Å². The van der Waals surface area contributed by atoms with Gasteiger partial charge in [0.25, 0.3) is 0 Å². The van der Waals surface area contributed by atoms with Crippen molar-refractivity contribution in [1.82, 2.24) is 14.4 Å². The quantitative estimate of drug-likeness (QED) is 0.319. The SMILES string of the molecule is Cn1ccc2ccc(COC(=O)N3CCN(CCC(=O)c4ccc5c(c4)OC(=O)C5)CC3)cc21. The first-order valence-corrected chi connectivity index (χ1v) is 11.5. The molecule has 5 rings (SSSR count). The van der Waals surface area contributed by atoms with Gasteiger partial charge in [0.15, 0.2) is 5.78 Å². The second kappa shape index (κ2) is 9.30. The fourth-order valence-electron chi connectivity index (χ4n) is 4.48. The number of Topliss-reactive ketones (excluding diaryl/α,β-unsaturated/α-hetero) is 1. The van der Waals surface area contributed by atoms with Crippen LogP contribution in [0.5, 0.6) is 5.75 Å². The van der Waals surface area contributed by atoms with Crippen LogP contribution in [0.15, 0.2) is 48.7 Å². The molecule has 2 aliphatic heterocycles. The Hall–Kier alpha value is -3.65. The fourth-order valence-corrected chi connectivity index (χ4v) is 4.48. The number of benzene rings is 2. The van der Waals surface area contributed by atoms with E-state index in [1.54, 1.807) is 23.1 Å². The molecule has 0 radical (unpaired) electrons. The lowest BCUT2D eigenvalue weighted by Gasteiger charge is -2.33. The first-order valence-electron chi connectivity index (χ1n) is 11.5. The summed E-state index contributed by atoms with van der Waals surface area (Å²) in [4.78, 5) is 40.4. The van der Waals surface area contributed by atoms with E-state index in [1.165, 1.54) is 0 Å². The van der Waals surface area contributed by atoms with Crippen molar-refractivity contribution >= 4 is 28.7 Å². The molecule has 3 heterocycles. The van der Waals surface area contributed by atoms with Gasteiger partial charge in [-0.3, -0.25) is 14.5 Å². The molecule has 0 aliphatic carbocycles. The maximum Gasteiger partial charge on any atom is 0.410 e. The molecule has 2 aliphatic rings. The first kappa shape index (κ1) is 22.2. The highest BCUT2D eigenvalue weighted by molar-refractivity contribution is 5.97. The number of rotatable bonds is 6. The summed E-state index contributed by atoms with van der Waals surface area (Å²) in [6.45, 7) is 3.39. The van der Waals surface area contributed by atoms with Crippen molar-refractivity contribution in [1.29, 1.82) is 0 Å². The second-order valence-electron chi connectivity index (χ2n) is 8.85. The number of ketones is 1. The third-order valence-electron chi connectivity index (χ3n) is 6.55. The number of carbonyl (C=O) groups is 3. The van der Waals surface area contributed by atoms with Crippen LogP contribution in [0, 0.1) is 0 Å².